The molecule has 0 spiro atoms. The lowest BCUT2D eigenvalue weighted by Gasteiger charge is -2.27. The van der Waals surface area contributed by atoms with Crippen molar-refractivity contribution >= 4 is 17.0 Å². The van der Waals surface area contributed by atoms with E-state index in [0.29, 0.717) is 5.92 Å². The maximum atomic E-state index is 13.4. The van der Waals surface area contributed by atoms with E-state index in [1.165, 1.54) is 24.5 Å². The van der Waals surface area contributed by atoms with Crippen molar-refractivity contribution in [3.05, 3.63) is 59.7 Å². The van der Waals surface area contributed by atoms with Crippen molar-refractivity contribution in [2.45, 2.75) is 25.2 Å². The third kappa shape index (κ3) is 2.67. The topological polar surface area (TPSA) is 46.3 Å². The highest BCUT2D eigenvalue weighted by molar-refractivity contribution is 5.68. The highest BCUT2D eigenvalue weighted by atomic mass is 19.1. The number of nitrogens with zero attached hydrogens (tertiary/aromatic N) is 5. The molecule has 126 valence electrons. The number of fused-ring (bicyclic) bond motifs is 1. The zero-order valence-corrected chi connectivity index (χ0v) is 13.8. The highest BCUT2D eigenvalue weighted by Crippen LogP contribution is 2.38. The maximum absolute atomic E-state index is 13.4. The van der Waals surface area contributed by atoms with Crippen LogP contribution in [-0.4, -0.2) is 32.9 Å². The molecule has 1 aliphatic heterocycles. The van der Waals surface area contributed by atoms with Gasteiger partial charge < -0.3 is 4.90 Å². The third-order valence-electron chi connectivity index (χ3n) is 4.94. The SMILES string of the molecule is Fc1cccc(C2=CCN(c3ccc4nnc(C5CC5)n4n3)CC2)c1. The van der Waals surface area contributed by atoms with Crippen molar-refractivity contribution in [2.75, 3.05) is 18.0 Å². The average molecular weight is 335 g/mol. The van der Waals surface area contributed by atoms with Crippen LogP contribution in [0.25, 0.3) is 11.2 Å². The number of benzene rings is 1. The molecule has 0 bridgehead atoms. The summed E-state index contributed by atoms with van der Waals surface area (Å²) in [5.74, 6) is 2.24. The predicted molar refractivity (Wildman–Crippen MR) is 94.0 cm³/mol. The summed E-state index contributed by atoms with van der Waals surface area (Å²) in [4.78, 5) is 2.24. The molecule has 0 atom stereocenters. The molecular weight excluding hydrogens is 317 g/mol. The molecule has 1 saturated carbocycles. The van der Waals surface area contributed by atoms with Crippen molar-refractivity contribution in [3.63, 3.8) is 0 Å². The van der Waals surface area contributed by atoms with Crippen molar-refractivity contribution in [2.24, 2.45) is 0 Å². The Hall–Kier alpha value is -2.76. The molecule has 1 aliphatic carbocycles. The number of anilines is 1. The summed E-state index contributed by atoms with van der Waals surface area (Å²) in [6, 6.07) is 10.8. The fraction of sp³-hybridized carbons (Fsp3) is 0.316. The van der Waals surface area contributed by atoms with Gasteiger partial charge >= 0.3 is 0 Å². The number of hydrogen-bond acceptors (Lipinski definition) is 4. The van der Waals surface area contributed by atoms with E-state index < -0.39 is 0 Å². The Morgan fingerprint density at radius 1 is 1.08 bits per heavy atom. The minimum Gasteiger partial charge on any atom is -0.351 e. The largest absolute Gasteiger partial charge is 0.351 e. The second kappa shape index (κ2) is 5.65. The van der Waals surface area contributed by atoms with Crippen molar-refractivity contribution < 1.29 is 4.39 Å². The third-order valence-corrected chi connectivity index (χ3v) is 4.94. The molecule has 0 unspecified atom stereocenters. The minimum absolute atomic E-state index is 0.187. The van der Waals surface area contributed by atoms with Crippen molar-refractivity contribution in [3.8, 4) is 0 Å². The summed E-state index contributed by atoms with van der Waals surface area (Å²) < 4.78 is 15.3. The van der Waals surface area contributed by atoms with Gasteiger partial charge in [-0.3, -0.25) is 0 Å². The molecule has 1 aromatic carbocycles. The van der Waals surface area contributed by atoms with Gasteiger partial charge in [-0.1, -0.05) is 18.2 Å². The minimum atomic E-state index is -0.187. The van der Waals surface area contributed by atoms with Crippen LogP contribution >= 0.6 is 0 Å². The van der Waals surface area contributed by atoms with Crippen LogP contribution in [0.3, 0.4) is 0 Å². The quantitative estimate of drug-likeness (QED) is 0.736. The number of halogens is 1. The van der Waals surface area contributed by atoms with Crippen LogP contribution in [-0.2, 0) is 0 Å². The van der Waals surface area contributed by atoms with E-state index in [9.17, 15) is 4.39 Å². The zero-order chi connectivity index (χ0) is 16.8. The Morgan fingerprint density at radius 2 is 2.00 bits per heavy atom. The Bertz CT molecular complexity index is 973. The molecule has 0 N–H and O–H groups in total. The van der Waals surface area contributed by atoms with E-state index >= 15 is 0 Å². The molecule has 5 nitrogen and oxygen atoms in total. The average Bonchev–Trinajstić information content (AvgIpc) is 3.41. The molecule has 6 heteroatoms. The predicted octanol–water partition coefficient (Wildman–Crippen LogP) is 3.43. The molecule has 3 aromatic rings. The molecule has 3 heterocycles. The molecule has 0 radical (unpaired) electrons. The first-order valence-electron chi connectivity index (χ1n) is 8.70. The molecule has 5 rings (SSSR count). The summed E-state index contributed by atoms with van der Waals surface area (Å²) in [6.07, 6.45) is 5.39. The van der Waals surface area contributed by atoms with Gasteiger partial charge in [0.05, 0.1) is 0 Å². The van der Waals surface area contributed by atoms with Crippen LogP contribution in [0.5, 0.6) is 0 Å². The summed E-state index contributed by atoms with van der Waals surface area (Å²) in [7, 11) is 0. The normalized spacial score (nSPS) is 17.8. The van der Waals surface area contributed by atoms with Gasteiger partial charge in [-0.15, -0.1) is 15.3 Å². The standard InChI is InChI=1S/C19H18FN5/c20-16-3-1-2-15(12-16)13-8-10-24(11-9-13)18-7-6-17-21-22-19(14-4-5-14)25(17)23-18/h1-3,6-8,12,14H,4-5,9-11H2. The van der Waals surface area contributed by atoms with E-state index in [1.807, 2.05) is 22.7 Å². The Kier molecular flexibility index (Phi) is 3.29. The fourth-order valence-corrected chi connectivity index (χ4v) is 3.39. The second-order valence-corrected chi connectivity index (χ2v) is 6.73. The van der Waals surface area contributed by atoms with Gasteiger partial charge in [0.1, 0.15) is 11.6 Å². The molecule has 2 aromatic heterocycles. The van der Waals surface area contributed by atoms with Crippen molar-refractivity contribution in [1.29, 1.82) is 0 Å². The Balaban J connectivity index is 1.41. The lowest BCUT2D eigenvalue weighted by molar-refractivity contribution is 0.627. The van der Waals surface area contributed by atoms with Gasteiger partial charge in [0.2, 0.25) is 0 Å². The van der Waals surface area contributed by atoms with Gasteiger partial charge in [-0.2, -0.15) is 4.52 Å². The molecule has 1 fully saturated rings. The van der Waals surface area contributed by atoms with Gasteiger partial charge in [0, 0.05) is 19.0 Å². The smallest absolute Gasteiger partial charge is 0.178 e. The summed E-state index contributed by atoms with van der Waals surface area (Å²) in [5, 5.41) is 13.3. The summed E-state index contributed by atoms with van der Waals surface area (Å²) in [5.41, 5.74) is 2.97. The zero-order valence-electron chi connectivity index (χ0n) is 13.8. The number of aromatic nitrogens is 4. The van der Waals surface area contributed by atoms with E-state index in [1.54, 1.807) is 12.1 Å². The van der Waals surface area contributed by atoms with Crippen LogP contribution in [0.15, 0.2) is 42.5 Å². The Labute approximate surface area is 144 Å². The van der Waals surface area contributed by atoms with Crippen LogP contribution in [0.1, 0.15) is 36.6 Å². The molecule has 0 amide bonds. The highest BCUT2D eigenvalue weighted by Gasteiger charge is 2.29. The number of rotatable bonds is 3. The lowest BCUT2D eigenvalue weighted by atomic mass is 9.99. The summed E-state index contributed by atoms with van der Waals surface area (Å²) in [6.45, 7) is 1.63. The van der Waals surface area contributed by atoms with E-state index in [4.69, 9.17) is 5.10 Å². The van der Waals surface area contributed by atoms with Crippen LogP contribution in [0.4, 0.5) is 10.2 Å². The first-order valence-corrected chi connectivity index (χ1v) is 8.70. The van der Waals surface area contributed by atoms with Gasteiger partial charge in [0.25, 0.3) is 0 Å². The first kappa shape index (κ1) is 14.6. The molecule has 0 saturated heterocycles. The van der Waals surface area contributed by atoms with Gasteiger partial charge in [-0.25, -0.2) is 4.39 Å². The van der Waals surface area contributed by atoms with E-state index in [-0.39, 0.29) is 5.82 Å². The van der Waals surface area contributed by atoms with Gasteiger partial charge in [0.15, 0.2) is 11.5 Å². The first-order chi connectivity index (χ1) is 12.3. The van der Waals surface area contributed by atoms with E-state index in [2.05, 4.69) is 21.2 Å². The van der Waals surface area contributed by atoms with Crippen LogP contribution in [0.2, 0.25) is 0 Å². The lowest BCUT2D eigenvalue weighted by Crippen LogP contribution is -2.29. The van der Waals surface area contributed by atoms with Crippen LogP contribution < -0.4 is 4.90 Å². The molecule has 2 aliphatic rings. The Morgan fingerprint density at radius 3 is 2.76 bits per heavy atom. The summed E-state index contributed by atoms with van der Waals surface area (Å²) >= 11 is 0. The maximum Gasteiger partial charge on any atom is 0.178 e. The second-order valence-electron chi connectivity index (χ2n) is 6.73. The van der Waals surface area contributed by atoms with Gasteiger partial charge in [-0.05, 0) is 54.7 Å². The molecule has 25 heavy (non-hydrogen) atoms. The van der Waals surface area contributed by atoms with Crippen molar-refractivity contribution in [1.82, 2.24) is 19.8 Å². The van der Waals surface area contributed by atoms with E-state index in [0.717, 1.165) is 42.4 Å². The molecular formula is C19H18FN5. The van der Waals surface area contributed by atoms with Crippen LogP contribution in [0, 0.1) is 5.82 Å². The fourth-order valence-electron chi connectivity index (χ4n) is 3.39. The monoisotopic (exact) mass is 335 g/mol. The number of hydrogen-bond donors (Lipinski definition) is 0.